The van der Waals surface area contributed by atoms with Gasteiger partial charge < -0.3 is 14.7 Å². The van der Waals surface area contributed by atoms with Crippen molar-refractivity contribution in [3.8, 4) is 5.75 Å². The summed E-state index contributed by atoms with van der Waals surface area (Å²) in [6.07, 6.45) is 0.516. The first-order valence-corrected chi connectivity index (χ1v) is 9.64. The molecule has 1 fully saturated rings. The minimum absolute atomic E-state index is 0.0528. The minimum Gasteiger partial charge on any atom is -0.495 e. The molecule has 1 saturated heterocycles. The first-order valence-electron chi connectivity index (χ1n) is 8.20. The van der Waals surface area contributed by atoms with E-state index in [-0.39, 0.29) is 34.6 Å². The van der Waals surface area contributed by atoms with Gasteiger partial charge in [-0.1, -0.05) is 6.92 Å². The van der Waals surface area contributed by atoms with Gasteiger partial charge in [0.25, 0.3) is 5.91 Å². The summed E-state index contributed by atoms with van der Waals surface area (Å²) in [5.41, 5.74) is 0.185. The van der Waals surface area contributed by atoms with Crippen LogP contribution in [-0.2, 0) is 14.8 Å². The lowest BCUT2D eigenvalue weighted by Crippen LogP contribution is -2.45. The van der Waals surface area contributed by atoms with Crippen molar-refractivity contribution in [1.82, 2.24) is 9.21 Å². The van der Waals surface area contributed by atoms with E-state index in [0.29, 0.717) is 13.0 Å². The van der Waals surface area contributed by atoms with Crippen LogP contribution < -0.4 is 4.74 Å². The Morgan fingerprint density at radius 3 is 2.46 bits per heavy atom. The fourth-order valence-electron chi connectivity index (χ4n) is 3.09. The maximum absolute atomic E-state index is 12.8. The Hall–Kier alpha value is -2.13. The topological polar surface area (TPSA) is 104 Å². The van der Waals surface area contributed by atoms with E-state index >= 15 is 0 Å². The molecule has 1 N–H and O–H groups in total. The van der Waals surface area contributed by atoms with Gasteiger partial charge >= 0.3 is 5.97 Å². The zero-order chi connectivity index (χ0) is 19.6. The molecule has 0 saturated carbocycles. The van der Waals surface area contributed by atoms with Gasteiger partial charge in [-0.15, -0.1) is 0 Å². The van der Waals surface area contributed by atoms with Gasteiger partial charge in [0.05, 0.1) is 13.0 Å². The Morgan fingerprint density at radius 1 is 1.27 bits per heavy atom. The van der Waals surface area contributed by atoms with Crippen molar-refractivity contribution < 1.29 is 27.9 Å². The van der Waals surface area contributed by atoms with Gasteiger partial charge in [-0.3, -0.25) is 9.59 Å². The zero-order valence-corrected chi connectivity index (χ0v) is 16.1. The standard InChI is InChI=1S/C17H24N2O6S/c1-11-7-13(17(21)22)10-19(9-11)16(20)12-5-6-14(25-4)15(8-12)26(23,24)18(2)3/h5-6,8,11,13H,7,9-10H2,1-4H3,(H,21,22). The van der Waals surface area contributed by atoms with Crippen LogP contribution in [0, 0.1) is 11.8 Å². The smallest absolute Gasteiger partial charge is 0.308 e. The monoisotopic (exact) mass is 384 g/mol. The molecule has 9 heteroatoms. The number of carbonyl (C=O) groups is 2. The summed E-state index contributed by atoms with van der Waals surface area (Å²) in [6.45, 7) is 2.44. The second kappa shape index (κ2) is 7.63. The van der Waals surface area contributed by atoms with E-state index in [1.165, 1.54) is 44.3 Å². The predicted molar refractivity (Wildman–Crippen MR) is 94.7 cm³/mol. The fraction of sp³-hybridized carbons (Fsp3) is 0.529. The minimum atomic E-state index is -3.80. The van der Waals surface area contributed by atoms with E-state index in [4.69, 9.17) is 4.74 Å². The molecule has 2 atom stereocenters. The van der Waals surface area contributed by atoms with Crippen molar-refractivity contribution in [1.29, 1.82) is 0 Å². The van der Waals surface area contributed by atoms with Crippen LogP contribution in [0.15, 0.2) is 23.1 Å². The molecule has 2 rings (SSSR count). The van der Waals surface area contributed by atoms with Crippen molar-refractivity contribution in [2.45, 2.75) is 18.2 Å². The molecule has 1 aromatic rings. The molecule has 1 aliphatic rings. The van der Waals surface area contributed by atoms with Crippen LogP contribution in [-0.4, -0.2) is 68.9 Å². The first-order chi connectivity index (χ1) is 12.1. The summed E-state index contributed by atoms with van der Waals surface area (Å²) in [7, 11) is 0.350. The molecular formula is C17H24N2O6S. The van der Waals surface area contributed by atoms with Crippen molar-refractivity contribution in [3.63, 3.8) is 0 Å². The molecule has 0 bridgehead atoms. The molecule has 0 aliphatic carbocycles. The highest BCUT2D eigenvalue weighted by Gasteiger charge is 2.33. The number of amides is 1. The number of benzene rings is 1. The Bertz CT molecular complexity index is 805. The molecule has 144 valence electrons. The molecule has 0 spiro atoms. The molecule has 0 aromatic heterocycles. The van der Waals surface area contributed by atoms with Crippen LogP contribution in [0.5, 0.6) is 5.75 Å². The molecule has 1 aromatic carbocycles. The van der Waals surface area contributed by atoms with Crippen LogP contribution in [0.25, 0.3) is 0 Å². The normalized spacial score (nSPS) is 20.9. The maximum Gasteiger partial charge on any atom is 0.308 e. The molecule has 1 amide bonds. The third-order valence-electron chi connectivity index (χ3n) is 4.47. The van der Waals surface area contributed by atoms with Crippen molar-refractivity contribution in [2.75, 3.05) is 34.3 Å². The summed E-state index contributed by atoms with van der Waals surface area (Å²) in [6, 6.07) is 4.21. The lowest BCUT2D eigenvalue weighted by atomic mass is 9.90. The SMILES string of the molecule is COc1ccc(C(=O)N2CC(C)CC(C(=O)O)C2)cc1S(=O)(=O)N(C)C. The van der Waals surface area contributed by atoms with E-state index in [1.54, 1.807) is 0 Å². The summed E-state index contributed by atoms with van der Waals surface area (Å²) < 4.78 is 31.2. The molecule has 2 unspecified atom stereocenters. The van der Waals surface area contributed by atoms with Gasteiger partial charge in [0, 0.05) is 32.7 Å². The summed E-state index contributed by atoms with van der Waals surface area (Å²) in [5.74, 6) is -1.74. The number of methoxy groups -OCH3 is 1. The van der Waals surface area contributed by atoms with Gasteiger partial charge in [0.2, 0.25) is 10.0 Å². The first kappa shape index (κ1) is 20.2. The quantitative estimate of drug-likeness (QED) is 0.816. The van der Waals surface area contributed by atoms with Gasteiger partial charge in [0.1, 0.15) is 10.6 Å². The zero-order valence-electron chi connectivity index (χ0n) is 15.3. The number of carboxylic acids is 1. The van der Waals surface area contributed by atoms with Crippen LogP contribution in [0.2, 0.25) is 0 Å². The van der Waals surface area contributed by atoms with E-state index in [2.05, 4.69) is 0 Å². The van der Waals surface area contributed by atoms with E-state index in [1.807, 2.05) is 6.92 Å². The molecule has 1 heterocycles. The largest absolute Gasteiger partial charge is 0.495 e. The number of nitrogens with zero attached hydrogens (tertiary/aromatic N) is 2. The lowest BCUT2D eigenvalue weighted by molar-refractivity contribution is -0.143. The van der Waals surface area contributed by atoms with E-state index in [9.17, 15) is 23.1 Å². The molecule has 26 heavy (non-hydrogen) atoms. The van der Waals surface area contributed by atoms with Gasteiger partial charge in [0.15, 0.2) is 0 Å². The Kier molecular flexibility index (Phi) is 5.92. The molecule has 8 nitrogen and oxygen atoms in total. The molecular weight excluding hydrogens is 360 g/mol. The number of likely N-dealkylation sites (tertiary alicyclic amines) is 1. The van der Waals surface area contributed by atoms with E-state index < -0.39 is 21.9 Å². The number of piperidine rings is 1. The Labute approximate surface area is 153 Å². The third kappa shape index (κ3) is 3.99. The Morgan fingerprint density at radius 2 is 1.92 bits per heavy atom. The number of carbonyl (C=O) groups excluding carboxylic acids is 1. The number of aliphatic carboxylic acids is 1. The summed E-state index contributed by atoms with van der Waals surface area (Å²) in [4.78, 5) is 25.5. The van der Waals surface area contributed by atoms with Crippen LogP contribution in [0.1, 0.15) is 23.7 Å². The molecule has 1 aliphatic heterocycles. The van der Waals surface area contributed by atoms with Gasteiger partial charge in [-0.25, -0.2) is 12.7 Å². The fourth-order valence-corrected chi connectivity index (χ4v) is 4.16. The number of hydrogen-bond donors (Lipinski definition) is 1. The Balaban J connectivity index is 2.39. The molecule has 0 radical (unpaired) electrons. The maximum atomic E-state index is 12.8. The second-order valence-electron chi connectivity index (χ2n) is 6.74. The number of ether oxygens (including phenoxy) is 1. The number of carboxylic acid groups (broad SMARTS) is 1. The van der Waals surface area contributed by atoms with Crippen molar-refractivity contribution >= 4 is 21.9 Å². The van der Waals surface area contributed by atoms with Gasteiger partial charge in [-0.05, 0) is 30.5 Å². The van der Waals surface area contributed by atoms with Crippen LogP contribution >= 0.6 is 0 Å². The number of rotatable bonds is 5. The lowest BCUT2D eigenvalue weighted by Gasteiger charge is -2.34. The van der Waals surface area contributed by atoms with Crippen LogP contribution in [0.4, 0.5) is 0 Å². The second-order valence-corrected chi connectivity index (χ2v) is 8.86. The predicted octanol–water partition coefficient (Wildman–Crippen LogP) is 1.13. The van der Waals surface area contributed by atoms with Crippen molar-refractivity contribution in [2.24, 2.45) is 11.8 Å². The van der Waals surface area contributed by atoms with Crippen LogP contribution in [0.3, 0.4) is 0 Å². The van der Waals surface area contributed by atoms with Crippen molar-refractivity contribution in [3.05, 3.63) is 23.8 Å². The van der Waals surface area contributed by atoms with Gasteiger partial charge in [-0.2, -0.15) is 0 Å². The summed E-state index contributed by atoms with van der Waals surface area (Å²) >= 11 is 0. The average Bonchev–Trinajstić information content (AvgIpc) is 2.59. The highest BCUT2D eigenvalue weighted by atomic mass is 32.2. The summed E-state index contributed by atoms with van der Waals surface area (Å²) in [5, 5.41) is 9.27. The average molecular weight is 384 g/mol. The van der Waals surface area contributed by atoms with E-state index in [0.717, 1.165) is 4.31 Å². The number of hydrogen-bond acceptors (Lipinski definition) is 5. The third-order valence-corrected chi connectivity index (χ3v) is 6.30. The number of sulfonamides is 1. The highest BCUT2D eigenvalue weighted by Crippen LogP contribution is 2.29. The highest BCUT2D eigenvalue weighted by molar-refractivity contribution is 7.89.